The maximum atomic E-state index is 5.66. The Balaban J connectivity index is 1.65. The van der Waals surface area contributed by atoms with E-state index in [1.807, 2.05) is 30.3 Å². The lowest BCUT2D eigenvalue weighted by Gasteiger charge is -2.19. The summed E-state index contributed by atoms with van der Waals surface area (Å²) in [6, 6.07) is 11.2. The van der Waals surface area contributed by atoms with Gasteiger partial charge < -0.3 is 29.0 Å². The number of benzene rings is 2. The van der Waals surface area contributed by atoms with Gasteiger partial charge in [0.2, 0.25) is 11.7 Å². The lowest BCUT2D eigenvalue weighted by atomic mass is 10.1. The van der Waals surface area contributed by atoms with Gasteiger partial charge >= 0.3 is 0 Å². The molecule has 1 aliphatic heterocycles. The third-order valence-corrected chi connectivity index (χ3v) is 4.44. The molecule has 8 heteroatoms. The molecule has 4 rings (SSSR count). The van der Waals surface area contributed by atoms with Crippen molar-refractivity contribution in [1.82, 2.24) is 9.97 Å². The summed E-state index contributed by atoms with van der Waals surface area (Å²) in [5.74, 6) is 3.43. The number of hydrogen-bond acceptors (Lipinski definition) is 8. The molecule has 0 unspecified atom stereocenters. The molecule has 2 heterocycles. The number of nitrogens with zero attached hydrogens (tertiary/aromatic N) is 2. The van der Waals surface area contributed by atoms with E-state index in [9.17, 15) is 0 Å². The Kier molecular flexibility index (Phi) is 5.24. The van der Waals surface area contributed by atoms with Gasteiger partial charge in [0.05, 0.1) is 32.7 Å². The molecule has 1 aliphatic rings. The lowest BCUT2D eigenvalue weighted by Crippen LogP contribution is -2.15. The molecule has 3 aromatic rings. The van der Waals surface area contributed by atoms with Crippen molar-refractivity contribution in [3.8, 4) is 40.0 Å². The van der Waals surface area contributed by atoms with Crippen LogP contribution >= 0.6 is 0 Å². The van der Waals surface area contributed by atoms with Crippen LogP contribution in [0.3, 0.4) is 0 Å². The van der Waals surface area contributed by atoms with Gasteiger partial charge in [-0.2, -0.15) is 0 Å². The van der Waals surface area contributed by atoms with Crippen LogP contribution in [0.2, 0.25) is 0 Å². The summed E-state index contributed by atoms with van der Waals surface area (Å²) < 4.78 is 27.5. The Bertz CT molecular complexity index is 1030. The number of hydrogen-bond donors (Lipinski definition) is 1. The quantitative estimate of drug-likeness (QED) is 0.677. The van der Waals surface area contributed by atoms with Crippen LogP contribution in [-0.4, -0.2) is 44.5 Å². The van der Waals surface area contributed by atoms with E-state index in [2.05, 4.69) is 15.3 Å². The topological polar surface area (TPSA) is 84.0 Å². The maximum absolute atomic E-state index is 5.66. The van der Waals surface area contributed by atoms with Crippen LogP contribution in [0.1, 0.15) is 0 Å². The number of methoxy groups -OCH3 is 3. The predicted octanol–water partition coefficient (Wildman–Crippen LogP) is 3.68. The van der Waals surface area contributed by atoms with Crippen molar-refractivity contribution in [2.24, 2.45) is 0 Å². The smallest absolute Gasteiger partial charge is 0.227 e. The van der Waals surface area contributed by atoms with E-state index < -0.39 is 0 Å². The molecular weight excluding hydrogens is 374 g/mol. The van der Waals surface area contributed by atoms with Gasteiger partial charge in [-0.15, -0.1) is 0 Å². The number of nitrogens with one attached hydrogen (secondary N) is 1. The number of rotatable bonds is 6. The largest absolute Gasteiger partial charge is 0.493 e. The van der Waals surface area contributed by atoms with Crippen molar-refractivity contribution in [2.75, 3.05) is 39.9 Å². The van der Waals surface area contributed by atoms with Crippen molar-refractivity contribution in [3.05, 3.63) is 42.6 Å². The summed E-state index contributed by atoms with van der Waals surface area (Å²) in [7, 11) is 4.70. The van der Waals surface area contributed by atoms with E-state index in [0.29, 0.717) is 47.8 Å². The normalized spacial score (nSPS) is 12.2. The van der Waals surface area contributed by atoms with E-state index in [1.165, 1.54) is 0 Å². The summed E-state index contributed by atoms with van der Waals surface area (Å²) in [6.07, 6.45) is 1.69. The number of aromatic nitrogens is 2. The molecule has 0 saturated carbocycles. The monoisotopic (exact) mass is 395 g/mol. The molecule has 29 heavy (non-hydrogen) atoms. The van der Waals surface area contributed by atoms with Gasteiger partial charge in [0.25, 0.3) is 0 Å². The summed E-state index contributed by atoms with van der Waals surface area (Å²) in [4.78, 5) is 8.93. The van der Waals surface area contributed by atoms with E-state index in [-0.39, 0.29) is 0 Å². The molecule has 150 valence electrons. The first-order chi connectivity index (χ1) is 14.2. The first-order valence-corrected chi connectivity index (χ1v) is 9.02. The highest BCUT2D eigenvalue weighted by molar-refractivity contribution is 5.72. The second kappa shape index (κ2) is 8.14. The number of anilines is 2. The highest BCUT2D eigenvalue weighted by Gasteiger charge is 2.17. The summed E-state index contributed by atoms with van der Waals surface area (Å²) in [5, 5.41) is 3.18. The lowest BCUT2D eigenvalue weighted by molar-refractivity contribution is 0.171. The fourth-order valence-electron chi connectivity index (χ4n) is 3.10. The first kappa shape index (κ1) is 18.7. The summed E-state index contributed by atoms with van der Waals surface area (Å²) in [6.45, 7) is 1.09. The minimum atomic E-state index is 0.419. The molecule has 0 atom stereocenters. The molecule has 0 fully saturated rings. The molecule has 0 spiro atoms. The van der Waals surface area contributed by atoms with E-state index >= 15 is 0 Å². The zero-order valence-corrected chi connectivity index (χ0v) is 16.4. The zero-order valence-electron chi connectivity index (χ0n) is 16.4. The molecule has 0 radical (unpaired) electrons. The van der Waals surface area contributed by atoms with Crippen LogP contribution in [0, 0.1) is 0 Å². The van der Waals surface area contributed by atoms with E-state index in [4.69, 9.17) is 23.7 Å². The fourth-order valence-corrected chi connectivity index (χ4v) is 3.10. The number of fused-ring (bicyclic) bond motifs is 1. The minimum absolute atomic E-state index is 0.419. The molecule has 1 aromatic heterocycles. The highest BCUT2D eigenvalue weighted by Crippen LogP contribution is 2.43. The van der Waals surface area contributed by atoms with E-state index in [1.54, 1.807) is 33.6 Å². The predicted molar refractivity (Wildman–Crippen MR) is 108 cm³/mol. The molecule has 0 bridgehead atoms. The molecule has 2 aromatic carbocycles. The average molecular weight is 395 g/mol. The molecule has 0 amide bonds. The molecular formula is C21H21N3O5. The van der Waals surface area contributed by atoms with Gasteiger partial charge in [0, 0.05) is 11.8 Å². The van der Waals surface area contributed by atoms with Crippen LogP contribution in [0.15, 0.2) is 42.6 Å². The fraction of sp³-hybridized carbons (Fsp3) is 0.238. The van der Waals surface area contributed by atoms with Crippen LogP contribution in [-0.2, 0) is 0 Å². The Morgan fingerprint density at radius 2 is 1.66 bits per heavy atom. The van der Waals surface area contributed by atoms with E-state index in [0.717, 1.165) is 17.0 Å². The first-order valence-electron chi connectivity index (χ1n) is 9.02. The third-order valence-electron chi connectivity index (χ3n) is 4.44. The Labute approximate surface area is 168 Å². The van der Waals surface area contributed by atoms with Crippen molar-refractivity contribution in [2.45, 2.75) is 0 Å². The average Bonchev–Trinajstić information content (AvgIpc) is 2.78. The number of ether oxygens (including phenoxy) is 5. The van der Waals surface area contributed by atoms with Gasteiger partial charge in [-0.25, -0.2) is 9.97 Å². The van der Waals surface area contributed by atoms with Crippen LogP contribution in [0.4, 0.5) is 11.6 Å². The van der Waals surface area contributed by atoms with Crippen LogP contribution < -0.4 is 29.0 Å². The molecule has 0 saturated heterocycles. The SMILES string of the molecule is COc1ccc(Nc2nccc(-c3ccc4c(c3)OCCO4)n2)c(OC)c1OC. The van der Waals surface area contributed by atoms with Crippen molar-refractivity contribution < 1.29 is 23.7 Å². The van der Waals surface area contributed by atoms with Crippen molar-refractivity contribution in [1.29, 1.82) is 0 Å². The zero-order chi connectivity index (χ0) is 20.2. The second-order valence-electron chi connectivity index (χ2n) is 6.13. The van der Waals surface area contributed by atoms with Gasteiger partial charge in [-0.05, 0) is 36.4 Å². The Morgan fingerprint density at radius 3 is 2.41 bits per heavy atom. The van der Waals surface area contributed by atoms with Gasteiger partial charge in [-0.1, -0.05) is 0 Å². The highest BCUT2D eigenvalue weighted by atomic mass is 16.6. The van der Waals surface area contributed by atoms with Crippen LogP contribution in [0.5, 0.6) is 28.7 Å². The Morgan fingerprint density at radius 1 is 0.862 bits per heavy atom. The van der Waals surface area contributed by atoms with Crippen molar-refractivity contribution in [3.63, 3.8) is 0 Å². The van der Waals surface area contributed by atoms with Gasteiger partial charge in [-0.3, -0.25) is 0 Å². The standard InChI is InChI=1S/C21H21N3O5/c1-25-17-7-5-15(19(26-2)20(17)27-3)24-21-22-9-8-14(23-21)13-4-6-16-18(12-13)29-11-10-28-16/h4-9,12H,10-11H2,1-3H3,(H,22,23,24). The van der Waals surface area contributed by atoms with Crippen LogP contribution in [0.25, 0.3) is 11.3 Å². The molecule has 0 aliphatic carbocycles. The summed E-state index contributed by atoms with van der Waals surface area (Å²) >= 11 is 0. The summed E-state index contributed by atoms with van der Waals surface area (Å²) in [5.41, 5.74) is 2.31. The Hall–Kier alpha value is -3.68. The second-order valence-corrected chi connectivity index (χ2v) is 6.13. The third kappa shape index (κ3) is 3.69. The van der Waals surface area contributed by atoms with Gasteiger partial charge in [0.15, 0.2) is 23.0 Å². The molecule has 1 N–H and O–H groups in total. The maximum Gasteiger partial charge on any atom is 0.227 e. The van der Waals surface area contributed by atoms with Crippen molar-refractivity contribution >= 4 is 11.6 Å². The minimum Gasteiger partial charge on any atom is -0.493 e. The molecule has 8 nitrogen and oxygen atoms in total. The van der Waals surface area contributed by atoms with Gasteiger partial charge in [0.1, 0.15) is 13.2 Å².